The summed E-state index contributed by atoms with van der Waals surface area (Å²) >= 11 is 13.7. The lowest BCUT2D eigenvalue weighted by atomic mass is 9.94. The lowest BCUT2D eigenvalue weighted by molar-refractivity contribution is -0.124. The molecule has 1 saturated heterocycles. The molecule has 0 unspecified atom stereocenters. The number of pyridine rings is 1. The number of rotatable bonds is 8. The maximum Gasteiger partial charge on any atom is 0.267 e. The van der Waals surface area contributed by atoms with E-state index in [0.717, 1.165) is 36.8 Å². The molecule has 202 valence electrons. The van der Waals surface area contributed by atoms with Gasteiger partial charge in [0, 0.05) is 17.3 Å². The van der Waals surface area contributed by atoms with E-state index < -0.39 is 0 Å². The van der Waals surface area contributed by atoms with Gasteiger partial charge in [-0.3, -0.25) is 9.69 Å². The molecule has 1 aliphatic carbocycles. The van der Waals surface area contributed by atoms with Gasteiger partial charge in [0.25, 0.3) is 5.91 Å². The van der Waals surface area contributed by atoms with Crippen LogP contribution >= 0.6 is 35.0 Å². The molecule has 39 heavy (non-hydrogen) atoms. The zero-order valence-corrected chi connectivity index (χ0v) is 23.9. The fraction of sp³-hybridized carbons (Fsp3) is 0.300. The average molecular weight is 583 g/mol. The van der Waals surface area contributed by atoms with E-state index in [9.17, 15) is 4.79 Å². The van der Waals surface area contributed by atoms with E-state index in [1.54, 1.807) is 12.3 Å². The van der Waals surface area contributed by atoms with Gasteiger partial charge in [0.05, 0.1) is 11.5 Å². The molecular weight excluding hydrogens is 553 g/mol. The largest absolute Gasteiger partial charge is 0.490 e. The summed E-state index contributed by atoms with van der Waals surface area (Å²) < 4.78 is 11.9. The number of nitrogens with zero attached hydrogens (tertiary/aromatic N) is 3. The number of carbonyl (C=O) groups excluding carboxylic acids is 1. The minimum absolute atomic E-state index is 0.0355. The number of amides is 1. The zero-order valence-electron chi connectivity index (χ0n) is 21.6. The van der Waals surface area contributed by atoms with Gasteiger partial charge in [-0.1, -0.05) is 60.7 Å². The molecule has 1 aromatic heterocycles. The quantitative estimate of drug-likeness (QED) is 0.198. The molecule has 9 heteroatoms. The van der Waals surface area contributed by atoms with Crippen molar-refractivity contribution in [3.63, 3.8) is 0 Å². The standard InChI is InChI=1S/C30H29Cl2N3O3S/c1-2-37-26-17-21(12-15-25(26)38-19-20-10-13-22(31)14-11-20)18-27-29(36)35(23-7-4-3-5-8-23)30(39-27)34-24-9-6-16-33-28(24)32/h6,9-18,23H,2-5,7-8,19H2,1H3/b27-18-,34-30?. The Morgan fingerprint density at radius 1 is 1.05 bits per heavy atom. The summed E-state index contributed by atoms with van der Waals surface area (Å²) in [5.74, 6) is 1.22. The van der Waals surface area contributed by atoms with Gasteiger partial charge in [0.2, 0.25) is 0 Å². The van der Waals surface area contributed by atoms with Gasteiger partial charge in [-0.25, -0.2) is 9.98 Å². The Morgan fingerprint density at radius 3 is 2.59 bits per heavy atom. The first-order valence-corrected chi connectivity index (χ1v) is 14.7. The summed E-state index contributed by atoms with van der Waals surface area (Å²) in [7, 11) is 0. The molecule has 2 aromatic carbocycles. The number of thioether (sulfide) groups is 1. The number of benzene rings is 2. The third-order valence-electron chi connectivity index (χ3n) is 6.61. The minimum atomic E-state index is -0.0355. The van der Waals surface area contributed by atoms with Crippen LogP contribution in [-0.4, -0.2) is 33.6 Å². The monoisotopic (exact) mass is 581 g/mol. The highest BCUT2D eigenvalue weighted by Gasteiger charge is 2.38. The van der Waals surface area contributed by atoms with Gasteiger partial charge in [0.15, 0.2) is 21.8 Å². The van der Waals surface area contributed by atoms with Crippen LogP contribution in [0.4, 0.5) is 5.69 Å². The second kappa shape index (κ2) is 12.9. The number of aromatic nitrogens is 1. The van der Waals surface area contributed by atoms with E-state index in [4.69, 9.17) is 37.7 Å². The summed E-state index contributed by atoms with van der Waals surface area (Å²) in [6, 6.07) is 17.0. The Bertz CT molecular complexity index is 1390. The molecule has 0 spiro atoms. The Balaban J connectivity index is 1.42. The molecule has 0 radical (unpaired) electrons. The summed E-state index contributed by atoms with van der Waals surface area (Å²) in [6.45, 7) is 2.81. The third-order valence-corrected chi connectivity index (χ3v) is 8.13. The van der Waals surface area contributed by atoms with Crippen molar-refractivity contribution in [2.75, 3.05) is 6.61 Å². The fourth-order valence-electron chi connectivity index (χ4n) is 4.68. The predicted molar refractivity (Wildman–Crippen MR) is 159 cm³/mol. The van der Waals surface area contributed by atoms with Crippen LogP contribution in [-0.2, 0) is 11.4 Å². The Labute approximate surface area is 243 Å². The molecule has 2 fully saturated rings. The zero-order chi connectivity index (χ0) is 27.2. The van der Waals surface area contributed by atoms with Gasteiger partial charge < -0.3 is 9.47 Å². The molecular formula is C30H29Cl2N3O3S. The molecule has 2 aliphatic rings. The average Bonchev–Trinajstić information content (AvgIpc) is 3.25. The van der Waals surface area contributed by atoms with Crippen molar-refractivity contribution < 1.29 is 14.3 Å². The number of carbonyl (C=O) groups is 1. The number of halogens is 2. The van der Waals surface area contributed by atoms with Gasteiger partial charge in [-0.15, -0.1) is 0 Å². The van der Waals surface area contributed by atoms with Crippen LogP contribution in [0.25, 0.3) is 6.08 Å². The van der Waals surface area contributed by atoms with Crippen LogP contribution in [0.15, 0.2) is 70.7 Å². The molecule has 1 amide bonds. The first kappa shape index (κ1) is 27.6. The third kappa shape index (κ3) is 6.78. The smallest absolute Gasteiger partial charge is 0.267 e. The summed E-state index contributed by atoms with van der Waals surface area (Å²) in [6.07, 6.45) is 8.86. The molecule has 0 bridgehead atoms. The van der Waals surface area contributed by atoms with Crippen LogP contribution in [0.1, 0.15) is 50.2 Å². The van der Waals surface area contributed by atoms with Crippen LogP contribution in [0.2, 0.25) is 10.2 Å². The van der Waals surface area contributed by atoms with Crippen molar-refractivity contribution in [3.8, 4) is 11.5 Å². The number of amidine groups is 1. The maximum absolute atomic E-state index is 13.7. The first-order valence-electron chi connectivity index (χ1n) is 13.1. The Hall–Kier alpha value is -3.00. The molecule has 0 N–H and O–H groups in total. The van der Waals surface area contributed by atoms with E-state index in [1.807, 2.05) is 66.4 Å². The van der Waals surface area contributed by atoms with Crippen molar-refractivity contribution in [1.29, 1.82) is 0 Å². The normalized spacial score (nSPS) is 18.2. The van der Waals surface area contributed by atoms with Crippen LogP contribution in [0, 0.1) is 0 Å². The topological polar surface area (TPSA) is 64.0 Å². The van der Waals surface area contributed by atoms with E-state index in [1.165, 1.54) is 18.2 Å². The highest BCUT2D eigenvalue weighted by molar-refractivity contribution is 8.18. The SMILES string of the molecule is CCOc1cc(/C=C2\SC(=Nc3cccnc3Cl)N(C3CCCCC3)C2=O)ccc1OCc1ccc(Cl)cc1. The van der Waals surface area contributed by atoms with E-state index in [2.05, 4.69) is 4.98 Å². The highest BCUT2D eigenvalue weighted by Crippen LogP contribution is 2.40. The Kier molecular flexibility index (Phi) is 9.12. The second-order valence-electron chi connectivity index (χ2n) is 9.34. The second-order valence-corrected chi connectivity index (χ2v) is 11.1. The lowest BCUT2D eigenvalue weighted by Gasteiger charge is -2.30. The Morgan fingerprint density at radius 2 is 1.85 bits per heavy atom. The molecule has 2 heterocycles. The molecule has 5 rings (SSSR count). The van der Waals surface area contributed by atoms with Crippen LogP contribution in [0.3, 0.4) is 0 Å². The van der Waals surface area contributed by atoms with Crippen molar-refractivity contribution >= 4 is 57.8 Å². The number of aliphatic imine (C=N–C) groups is 1. The minimum Gasteiger partial charge on any atom is -0.490 e. The molecule has 0 atom stereocenters. The lowest BCUT2D eigenvalue weighted by Crippen LogP contribution is -2.40. The summed E-state index contributed by atoms with van der Waals surface area (Å²) in [5.41, 5.74) is 2.40. The predicted octanol–water partition coefficient (Wildman–Crippen LogP) is 8.30. The van der Waals surface area contributed by atoms with Crippen molar-refractivity contribution in [3.05, 3.63) is 87.0 Å². The van der Waals surface area contributed by atoms with E-state index in [0.29, 0.717) is 50.6 Å². The molecule has 1 aliphatic heterocycles. The fourth-order valence-corrected chi connectivity index (χ4v) is 6.02. The van der Waals surface area contributed by atoms with Crippen molar-refractivity contribution in [2.45, 2.75) is 51.7 Å². The first-order chi connectivity index (χ1) is 19.0. The van der Waals surface area contributed by atoms with Gasteiger partial charge in [-0.05, 0) is 85.1 Å². The van der Waals surface area contributed by atoms with Gasteiger partial charge >= 0.3 is 0 Å². The molecule has 6 nitrogen and oxygen atoms in total. The molecule has 3 aromatic rings. The van der Waals surface area contributed by atoms with Crippen molar-refractivity contribution in [2.24, 2.45) is 4.99 Å². The molecule has 1 saturated carbocycles. The van der Waals surface area contributed by atoms with Crippen LogP contribution < -0.4 is 9.47 Å². The number of hydrogen-bond acceptors (Lipinski definition) is 6. The summed E-state index contributed by atoms with van der Waals surface area (Å²) in [5, 5.41) is 1.64. The van der Waals surface area contributed by atoms with Gasteiger partial charge in [0.1, 0.15) is 12.3 Å². The van der Waals surface area contributed by atoms with Crippen molar-refractivity contribution in [1.82, 2.24) is 9.88 Å². The maximum atomic E-state index is 13.7. The van der Waals surface area contributed by atoms with Gasteiger partial charge in [-0.2, -0.15) is 0 Å². The number of ether oxygens (including phenoxy) is 2. The summed E-state index contributed by atoms with van der Waals surface area (Å²) in [4.78, 5) is 25.1. The number of hydrogen-bond donors (Lipinski definition) is 0. The van der Waals surface area contributed by atoms with E-state index in [-0.39, 0.29) is 11.9 Å². The highest BCUT2D eigenvalue weighted by atomic mass is 35.5. The van der Waals surface area contributed by atoms with E-state index >= 15 is 0 Å². The van der Waals surface area contributed by atoms with Crippen LogP contribution in [0.5, 0.6) is 11.5 Å².